The Morgan fingerprint density at radius 1 is 0.840 bits per heavy atom. The summed E-state index contributed by atoms with van der Waals surface area (Å²) in [6.07, 6.45) is 6.38. The largest absolute Gasteiger partial charge is 0.299 e. The van der Waals surface area contributed by atoms with Gasteiger partial charge in [0, 0.05) is 30.6 Å². The first-order valence-electron chi connectivity index (χ1n) is 9.63. The highest BCUT2D eigenvalue weighted by Gasteiger charge is 2.40. The molecule has 1 saturated heterocycles. The van der Waals surface area contributed by atoms with Crippen LogP contribution in [0.1, 0.15) is 43.2 Å². The highest BCUT2D eigenvalue weighted by atomic mass is 31.0. The lowest BCUT2D eigenvalue weighted by Gasteiger charge is -2.43. The van der Waals surface area contributed by atoms with Gasteiger partial charge in [-0.05, 0) is 43.2 Å². The van der Waals surface area contributed by atoms with Gasteiger partial charge < -0.3 is 0 Å². The van der Waals surface area contributed by atoms with E-state index in [0.717, 1.165) is 6.04 Å². The molecule has 2 atom stereocenters. The predicted octanol–water partition coefficient (Wildman–Crippen LogP) is 4.37. The van der Waals surface area contributed by atoms with Crippen molar-refractivity contribution in [1.82, 2.24) is 9.99 Å². The zero-order valence-electron chi connectivity index (χ0n) is 14.9. The normalized spacial score (nSPS) is 24.4. The van der Waals surface area contributed by atoms with E-state index in [1.807, 2.05) is 0 Å². The molecule has 25 heavy (non-hydrogen) atoms. The van der Waals surface area contributed by atoms with Crippen molar-refractivity contribution in [2.24, 2.45) is 0 Å². The molecule has 4 rings (SSSR count). The number of nitrogens with zero attached hydrogens (tertiary/aromatic N) is 1. The van der Waals surface area contributed by atoms with Crippen molar-refractivity contribution in [3.8, 4) is 0 Å². The van der Waals surface area contributed by atoms with Crippen molar-refractivity contribution >= 4 is 9.39 Å². The van der Waals surface area contributed by atoms with Crippen LogP contribution in [0, 0.1) is 0 Å². The first kappa shape index (κ1) is 17.2. The average molecular weight is 352 g/mol. The van der Waals surface area contributed by atoms with E-state index in [0.29, 0.717) is 6.04 Å². The molecule has 3 heteroatoms. The Labute approximate surface area is 154 Å². The number of benzene rings is 2. The van der Waals surface area contributed by atoms with E-state index >= 15 is 0 Å². The summed E-state index contributed by atoms with van der Waals surface area (Å²) in [6.45, 7) is 2.46. The summed E-state index contributed by atoms with van der Waals surface area (Å²) in [5.74, 6) is 0. The Hall–Kier alpha value is -1.21. The summed E-state index contributed by atoms with van der Waals surface area (Å²) in [5, 5.41) is 3.38. The van der Waals surface area contributed by atoms with Gasteiger partial charge in [0.25, 0.3) is 0 Å². The highest BCUT2D eigenvalue weighted by Crippen LogP contribution is 2.46. The number of hydrogen-bond donors (Lipinski definition) is 1. The Balaban J connectivity index is 1.56. The Bertz CT molecular complexity index is 623. The lowest BCUT2D eigenvalue weighted by atomic mass is 9.64. The fourth-order valence-corrected chi connectivity index (χ4v) is 5.25. The minimum atomic E-state index is 0.191. The second-order valence-electron chi connectivity index (χ2n) is 7.69. The van der Waals surface area contributed by atoms with Crippen LogP contribution in [0.15, 0.2) is 60.7 Å². The molecule has 2 aromatic carbocycles. The second-order valence-corrected chi connectivity index (χ2v) is 8.03. The van der Waals surface area contributed by atoms with Crippen LogP contribution in [-0.4, -0.2) is 30.1 Å². The van der Waals surface area contributed by atoms with Crippen molar-refractivity contribution in [3.63, 3.8) is 0 Å². The molecule has 2 nitrogen and oxygen atoms in total. The maximum Gasteiger partial charge on any atom is 0.0239 e. The number of hydrogen-bond acceptors (Lipinski definition) is 2. The lowest BCUT2D eigenvalue weighted by molar-refractivity contribution is 0.159. The third-order valence-corrected chi connectivity index (χ3v) is 6.90. The van der Waals surface area contributed by atoms with Crippen LogP contribution in [0.25, 0.3) is 0 Å². The Morgan fingerprint density at radius 3 is 1.88 bits per heavy atom. The minimum Gasteiger partial charge on any atom is -0.299 e. The minimum absolute atomic E-state index is 0.191. The van der Waals surface area contributed by atoms with Crippen LogP contribution in [0.4, 0.5) is 0 Å². The fourth-order valence-electron chi connectivity index (χ4n) is 4.97. The van der Waals surface area contributed by atoms with E-state index in [1.54, 1.807) is 0 Å². The molecule has 1 N–H and O–H groups in total. The molecule has 0 radical (unpaired) electrons. The monoisotopic (exact) mass is 352 g/mol. The van der Waals surface area contributed by atoms with Gasteiger partial charge in [-0.1, -0.05) is 70.1 Å². The Morgan fingerprint density at radius 2 is 1.40 bits per heavy atom. The van der Waals surface area contributed by atoms with E-state index < -0.39 is 0 Å². The van der Waals surface area contributed by atoms with E-state index in [4.69, 9.17) is 0 Å². The van der Waals surface area contributed by atoms with Gasteiger partial charge in [0.15, 0.2) is 0 Å². The maximum atomic E-state index is 3.38. The van der Waals surface area contributed by atoms with Gasteiger partial charge in [0.2, 0.25) is 0 Å². The highest BCUT2D eigenvalue weighted by molar-refractivity contribution is 7.13. The third-order valence-electron chi connectivity index (χ3n) is 6.43. The molecule has 0 aromatic heterocycles. The molecule has 2 fully saturated rings. The van der Waals surface area contributed by atoms with Crippen LogP contribution in [0.3, 0.4) is 0 Å². The number of nitrogens with one attached hydrogen (secondary N) is 1. The van der Waals surface area contributed by atoms with E-state index in [2.05, 4.69) is 80.0 Å². The van der Waals surface area contributed by atoms with Crippen LogP contribution >= 0.6 is 9.39 Å². The second kappa shape index (κ2) is 7.58. The van der Waals surface area contributed by atoms with Crippen molar-refractivity contribution in [1.29, 1.82) is 0 Å². The van der Waals surface area contributed by atoms with E-state index in [1.165, 1.54) is 56.3 Å². The summed E-state index contributed by atoms with van der Waals surface area (Å²) in [7, 11) is 2.69. The van der Waals surface area contributed by atoms with Gasteiger partial charge in [0.1, 0.15) is 0 Å². The molecule has 0 amide bonds. The lowest BCUT2D eigenvalue weighted by Crippen LogP contribution is -2.42. The van der Waals surface area contributed by atoms with Crippen molar-refractivity contribution in [2.75, 3.05) is 13.1 Å². The van der Waals surface area contributed by atoms with Crippen LogP contribution in [0.5, 0.6) is 0 Å². The summed E-state index contributed by atoms with van der Waals surface area (Å²) in [5.41, 5.74) is 3.17. The molecule has 0 bridgehead atoms. The van der Waals surface area contributed by atoms with Crippen LogP contribution < -0.4 is 5.09 Å². The summed E-state index contributed by atoms with van der Waals surface area (Å²) in [4.78, 5) is 2.72. The number of likely N-dealkylation sites (tertiary alicyclic amines) is 1. The molecule has 2 aromatic rings. The van der Waals surface area contributed by atoms with Gasteiger partial charge in [-0.2, -0.15) is 0 Å². The summed E-state index contributed by atoms with van der Waals surface area (Å²) >= 11 is 0. The van der Waals surface area contributed by atoms with Crippen LogP contribution in [-0.2, 0) is 5.41 Å². The predicted molar refractivity (Wildman–Crippen MR) is 109 cm³/mol. The molecule has 2 unspecified atom stereocenters. The van der Waals surface area contributed by atoms with Crippen molar-refractivity contribution in [2.45, 2.75) is 49.6 Å². The van der Waals surface area contributed by atoms with E-state index in [-0.39, 0.29) is 5.41 Å². The molecular weight excluding hydrogens is 323 g/mol. The molecule has 1 aliphatic carbocycles. The number of rotatable bonds is 4. The molecule has 2 aliphatic rings. The molecular formula is C22H29N2P. The van der Waals surface area contributed by atoms with Gasteiger partial charge in [-0.15, -0.1) is 0 Å². The molecule has 1 saturated carbocycles. The first-order valence-corrected chi connectivity index (χ1v) is 10.2. The van der Waals surface area contributed by atoms with E-state index in [9.17, 15) is 0 Å². The zero-order chi connectivity index (χ0) is 17.1. The van der Waals surface area contributed by atoms with Gasteiger partial charge in [0.05, 0.1) is 0 Å². The summed E-state index contributed by atoms with van der Waals surface area (Å²) in [6, 6.07) is 23.8. The standard InChI is InChI=1S/C22H29N2P/c25-23-20-13-16-24(17-20)21-11-14-22(15-12-21,18-7-3-1-4-8-18)19-9-5-2-6-10-19/h1-10,20-21,23H,11-17,25H2. The molecule has 132 valence electrons. The molecule has 1 aliphatic heterocycles. The zero-order valence-corrected chi connectivity index (χ0v) is 16.1. The third kappa shape index (κ3) is 3.40. The summed E-state index contributed by atoms with van der Waals surface area (Å²) < 4.78 is 0. The first-order chi connectivity index (χ1) is 12.3. The molecule has 1 heterocycles. The smallest absolute Gasteiger partial charge is 0.0239 e. The maximum absolute atomic E-state index is 3.38. The van der Waals surface area contributed by atoms with Crippen molar-refractivity contribution in [3.05, 3.63) is 71.8 Å². The quantitative estimate of drug-likeness (QED) is 0.822. The topological polar surface area (TPSA) is 15.3 Å². The van der Waals surface area contributed by atoms with Gasteiger partial charge in [-0.3, -0.25) is 9.99 Å². The Kier molecular flexibility index (Phi) is 5.22. The SMILES string of the molecule is PNC1CCN(C2CCC(c3ccccc3)(c3ccccc3)CC2)C1. The van der Waals surface area contributed by atoms with Gasteiger partial charge >= 0.3 is 0 Å². The van der Waals surface area contributed by atoms with Crippen molar-refractivity contribution < 1.29 is 0 Å². The van der Waals surface area contributed by atoms with Crippen LogP contribution in [0.2, 0.25) is 0 Å². The fraction of sp³-hybridized carbons (Fsp3) is 0.455. The average Bonchev–Trinajstić information content (AvgIpc) is 3.19. The van der Waals surface area contributed by atoms with Gasteiger partial charge in [-0.25, -0.2) is 0 Å². The molecule has 0 spiro atoms.